The zero-order chi connectivity index (χ0) is 20.8. The summed E-state index contributed by atoms with van der Waals surface area (Å²) in [4.78, 5) is 38.3. The summed E-state index contributed by atoms with van der Waals surface area (Å²) in [5.74, 6) is -0.805. The van der Waals surface area contributed by atoms with Gasteiger partial charge in [-0.3, -0.25) is 14.5 Å². The minimum Gasteiger partial charge on any atom is -0.490 e. The first-order chi connectivity index (χ1) is 14.0. The zero-order valence-electron chi connectivity index (χ0n) is 15.9. The summed E-state index contributed by atoms with van der Waals surface area (Å²) in [5, 5.41) is 0.549. The molecule has 7 nitrogen and oxygen atoms in total. The molecule has 0 radical (unpaired) electrons. The minimum atomic E-state index is -0.597. The molecule has 0 atom stereocenters. The van der Waals surface area contributed by atoms with Gasteiger partial charge < -0.3 is 14.2 Å². The van der Waals surface area contributed by atoms with Gasteiger partial charge in [0, 0.05) is 25.3 Å². The number of esters is 1. The van der Waals surface area contributed by atoms with Gasteiger partial charge >= 0.3 is 5.97 Å². The number of benzene rings is 2. The number of carbonyl (C=O) groups excluding carboxylic acids is 3. The number of nitrogens with zero attached hydrogens (tertiary/aromatic N) is 1. The Morgan fingerprint density at radius 2 is 1.79 bits per heavy atom. The molecule has 1 aliphatic heterocycles. The molecule has 0 fully saturated rings. The van der Waals surface area contributed by atoms with Crippen LogP contribution in [0.3, 0.4) is 0 Å². The molecule has 29 heavy (non-hydrogen) atoms. The highest BCUT2D eigenvalue weighted by Gasteiger charge is 2.35. The molecular weight excluding hydrogens is 398 g/mol. The average Bonchev–Trinajstić information content (AvgIpc) is 2.95. The standard InChI is InChI=1S/C21H20ClNO6/c1-27-9-3-8-23-19(24)17-7-6-14(12-18(17)20(23)25)21(26)29-11-10-28-16-5-2-4-15(22)13-16/h2,4-7,12-13H,3,8-11H2,1H3. The summed E-state index contributed by atoms with van der Waals surface area (Å²) in [5.41, 5.74) is 0.691. The largest absolute Gasteiger partial charge is 0.490 e. The van der Waals surface area contributed by atoms with Crippen molar-refractivity contribution in [1.29, 1.82) is 0 Å². The molecule has 2 aromatic rings. The van der Waals surface area contributed by atoms with E-state index in [-0.39, 0.29) is 42.4 Å². The average molecular weight is 418 g/mol. The van der Waals surface area contributed by atoms with Crippen molar-refractivity contribution in [2.75, 3.05) is 33.5 Å². The van der Waals surface area contributed by atoms with Crippen LogP contribution in [0, 0.1) is 0 Å². The summed E-state index contributed by atoms with van der Waals surface area (Å²) in [6.07, 6.45) is 0.545. The van der Waals surface area contributed by atoms with Gasteiger partial charge in [-0.1, -0.05) is 17.7 Å². The third-order valence-electron chi connectivity index (χ3n) is 4.32. The molecule has 1 aliphatic rings. The Morgan fingerprint density at radius 1 is 1.00 bits per heavy atom. The molecule has 0 N–H and O–H groups in total. The number of ether oxygens (including phenoxy) is 3. The molecule has 0 saturated carbocycles. The van der Waals surface area contributed by atoms with Crippen molar-refractivity contribution in [2.24, 2.45) is 0 Å². The number of amides is 2. The quantitative estimate of drug-likeness (QED) is 0.354. The number of methoxy groups -OCH3 is 1. The molecule has 0 aliphatic carbocycles. The van der Waals surface area contributed by atoms with Crippen LogP contribution in [-0.4, -0.2) is 56.2 Å². The van der Waals surface area contributed by atoms with Crippen LogP contribution in [0.4, 0.5) is 0 Å². The van der Waals surface area contributed by atoms with Crippen LogP contribution in [0.1, 0.15) is 37.5 Å². The Morgan fingerprint density at radius 3 is 2.55 bits per heavy atom. The number of halogens is 1. The Bertz CT molecular complexity index is 929. The van der Waals surface area contributed by atoms with E-state index in [1.54, 1.807) is 31.4 Å². The van der Waals surface area contributed by atoms with Gasteiger partial charge in [0.05, 0.1) is 16.7 Å². The lowest BCUT2D eigenvalue weighted by molar-refractivity contribution is 0.0450. The van der Waals surface area contributed by atoms with Crippen LogP contribution in [0.5, 0.6) is 5.75 Å². The lowest BCUT2D eigenvalue weighted by Gasteiger charge is -2.12. The number of imide groups is 1. The molecule has 0 aromatic heterocycles. The molecule has 152 valence electrons. The molecular formula is C21H20ClNO6. The molecule has 0 unspecified atom stereocenters. The third kappa shape index (κ3) is 4.93. The predicted molar refractivity (Wildman–Crippen MR) is 106 cm³/mol. The van der Waals surface area contributed by atoms with E-state index in [1.165, 1.54) is 18.2 Å². The first-order valence-electron chi connectivity index (χ1n) is 9.06. The first kappa shape index (κ1) is 20.8. The maximum Gasteiger partial charge on any atom is 0.338 e. The van der Waals surface area contributed by atoms with Gasteiger partial charge in [-0.15, -0.1) is 0 Å². The molecule has 0 saturated heterocycles. The van der Waals surface area contributed by atoms with E-state index in [1.807, 2.05) is 0 Å². The summed E-state index contributed by atoms with van der Waals surface area (Å²) < 4.78 is 15.6. The van der Waals surface area contributed by atoms with Crippen LogP contribution in [0.25, 0.3) is 0 Å². The number of fused-ring (bicyclic) bond motifs is 1. The summed E-state index contributed by atoms with van der Waals surface area (Å²) >= 11 is 5.88. The van der Waals surface area contributed by atoms with Crippen molar-refractivity contribution in [3.63, 3.8) is 0 Å². The van der Waals surface area contributed by atoms with Gasteiger partial charge in [-0.25, -0.2) is 4.79 Å². The van der Waals surface area contributed by atoms with E-state index < -0.39 is 11.9 Å². The van der Waals surface area contributed by atoms with E-state index >= 15 is 0 Å². The maximum atomic E-state index is 12.5. The Hall–Kier alpha value is -2.90. The monoisotopic (exact) mass is 417 g/mol. The van der Waals surface area contributed by atoms with Gasteiger partial charge in [-0.05, 0) is 42.8 Å². The van der Waals surface area contributed by atoms with Gasteiger partial charge in [0.1, 0.15) is 19.0 Å². The molecule has 2 aromatic carbocycles. The van der Waals surface area contributed by atoms with Crippen molar-refractivity contribution in [1.82, 2.24) is 4.90 Å². The lowest BCUT2D eigenvalue weighted by Crippen LogP contribution is -2.31. The second kappa shape index (κ2) is 9.54. The van der Waals surface area contributed by atoms with E-state index in [0.717, 1.165) is 4.90 Å². The number of carbonyl (C=O) groups is 3. The predicted octanol–water partition coefficient (Wildman–Crippen LogP) is 3.21. The maximum absolute atomic E-state index is 12.5. The van der Waals surface area contributed by atoms with Crippen LogP contribution in [0.2, 0.25) is 5.02 Å². The fourth-order valence-electron chi connectivity index (χ4n) is 2.92. The highest BCUT2D eigenvalue weighted by molar-refractivity contribution is 6.30. The van der Waals surface area contributed by atoms with Crippen molar-refractivity contribution < 1.29 is 28.6 Å². The zero-order valence-corrected chi connectivity index (χ0v) is 16.6. The number of hydrogen-bond donors (Lipinski definition) is 0. The Balaban J connectivity index is 1.56. The van der Waals surface area contributed by atoms with Gasteiger partial charge in [0.2, 0.25) is 0 Å². The highest BCUT2D eigenvalue weighted by Crippen LogP contribution is 2.24. The first-order valence-corrected chi connectivity index (χ1v) is 9.43. The third-order valence-corrected chi connectivity index (χ3v) is 4.55. The lowest BCUT2D eigenvalue weighted by atomic mass is 10.1. The van der Waals surface area contributed by atoms with Crippen molar-refractivity contribution in [3.8, 4) is 5.75 Å². The number of rotatable bonds is 9. The highest BCUT2D eigenvalue weighted by atomic mass is 35.5. The summed E-state index contributed by atoms with van der Waals surface area (Å²) in [6, 6.07) is 11.2. The molecule has 2 amide bonds. The topological polar surface area (TPSA) is 82.1 Å². The molecule has 0 spiro atoms. The van der Waals surface area contributed by atoms with E-state index in [0.29, 0.717) is 23.8 Å². The second-order valence-corrected chi connectivity index (χ2v) is 6.75. The van der Waals surface area contributed by atoms with E-state index in [2.05, 4.69) is 0 Å². The minimum absolute atomic E-state index is 0.0262. The molecule has 3 rings (SSSR count). The van der Waals surface area contributed by atoms with E-state index in [4.69, 9.17) is 25.8 Å². The Labute approximate surface area is 173 Å². The van der Waals surface area contributed by atoms with Crippen LogP contribution in [-0.2, 0) is 9.47 Å². The van der Waals surface area contributed by atoms with E-state index in [9.17, 15) is 14.4 Å². The fourth-order valence-corrected chi connectivity index (χ4v) is 3.10. The fraction of sp³-hybridized carbons (Fsp3) is 0.286. The van der Waals surface area contributed by atoms with Crippen molar-refractivity contribution >= 4 is 29.4 Å². The van der Waals surface area contributed by atoms with Crippen molar-refractivity contribution in [3.05, 3.63) is 64.2 Å². The van der Waals surface area contributed by atoms with Crippen molar-refractivity contribution in [2.45, 2.75) is 6.42 Å². The molecule has 8 heteroatoms. The second-order valence-electron chi connectivity index (χ2n) is 6.31. The van der Waals surface area contributed by atoms with Gasteiger partial charge in [-0.2, -0.15) is 0 Å². The van der Waals surface area contributed by atoms with Crippen LogP contribution in [0.15, 0.2) is 42.5 Å². The smallest absolute Gasteiger partial charge is 0.338 e. The SMILES string of the molecule is COCCCN1C(=O)c2ccc(C(=O)OCCOc3cccc(Cl)c3)cc2C1=O. The van der Waals surface area contributed by atoms with Gasteiger partial charge in [0.25, 0.3) is 11.8 Å². The molecule has 1 heterocycles. The normalized spacial score (nSPS) is 12.8. The van der Waals surface area contributed by atoms with Crippen LogP contribution < -0.4 is 4.74 Å². The van der Waals surface area contributed by atoms with Gasteiger partial charge in [0.15, 0.2) is 0 Å². The Kier molecular flexibility index (Phi) is 6.85. The summed E-state index contributed by atoms with van der Waals surface area (Å²) in [6.45, 7) is 0.892. The molecule has 0 bridgehead atoms. The number of hydrogen-bond acceptors (Lipinski definition) is 6. The van der Waals surface area contributed by atoms with Crippen LogP contribution >= 0.6 is 11.6 Å². The summed E-state index contributed by atoms with van der Waals surface area (Å²) in [7, 11) is 1.56.